The van der Waals surface area contributed by atoms with E-state index in [1.807, 2.05) is 13.0 Å². The van der Waals surface area contributed by atoms with E-state index in [0.717, 1.165) is 30.4 Å². The van der Waals surface area contributed by atoms with Crippen molar-refractivity contribution in [1.82, 2.24) is 4.98 Å². The van der Waals surface area contributed by atoms with Gasteiger partial charge in [0.25, 0.3) is 0 Å². The second-order valence-corrected chi connectivity index (χ2v) is 6.06. The highest BCUT2D eigenvalue weighted by Crippen LogP contribution is 2.29. The summed E-state index contributed by atoms with van der Waals surface area (Å²) in [6.45, 7) is 2.52. The minimum Gasteiger partial charge on any atom is -0.491 e. The Kier molecular flexibility index (Phi) is 6.69. The Labute approximate surface area is 147 Å². The van der Waals surface area contributed by atoms with Gasteiger partial charge < -0.3 is 10.1 Å². The quantitative estimate of drug-likeness (QED) is 0.723. The Hall–Kier alpha value is -2.22. The second-order valence-electron chi connectivity index (χ2n) is 5.06. The average molecular weight is 370 g/mol. The van der Waals surface area contributed by atoms with Crippen LogP contribution in [-0.2, 0) is 11.0 Å². The molecule has 0 aliphatic rings. The molecular weight excluding hydrogens is 353 g/mol. The Morgan fingerprint density at radius 1 is 1.24 bits per heavy atom. The first-order valence-corrected chi connectivity index (χ1v) is 8.56. The Balaban J connectivity index is 1.91. The van der Waals surface area contributed by atoms with Crippen LogP contribution >= 0.6 is 11.8 Å². The van der Waals surface area contributed by atoms with Crippen molar-refractivity contribution in [1.29, 1.82) is 0 Å². The van der Waals surface area contributed by atoms with Crippen LogP contribution in [0.4, 0.5) is 18.9 Å². The molecule has 0 spiro atoms. The zero-order valence-electron chi connectivity index (χ0n) is 13.5. The Morgan fingerprint density at radius 2 is 2.00 bits per heavy atom. The Bertz CT molecular complexity index is 706. The number of pyridine rings is 1. The van der Waals surface area contributed by atoms with Crippen molar-refractivity contribution >= 4 is 23.4 Å². The first kappa shape index (κ1) is 19.1. The SMILES string of the molecule is CCCOc1ccccc1NC(=O)CSc1ccc(C(F)(F)F)cn1. The van der Waals surface area contributed by atoms with Crippen LogP contribution in [0.5, 0.6) is 5.75 Å². The van der Waals surface area contributed by atoms with Crippen LogP contribution in [0.25, 0.3) is 0 Å². The zero-order valence-corrected chi connectivity index (χ0v) is 14.3. The van der Waals surface area contributed by atoms with E-state index in [9.17, 15) is 18.0 Å². The van der Waals surface area contributed by atoms with E-state index in [0.29, 0.717) is 23.1 Å². The van der Waals surface area contributed by atoms with Gasteiger partial charge in [-0.3, -0.25) is 4.79 Å². The largest absolute Gasteiger partial charge is 0.491 e. The van der Waals surface area contributed by atoms with Gasteiger partial charge in [-0.2, -0.15) is 13.2 Å². The van der Waals surface area contributed by atoms with Crippen LogP contribution < -0.4 is 10.1 Å². The predicted molar refractivity (Wildman–Crippen MR) is 90.8 cm³/mol. The first-order chi connectivity index (χ1) is 11.9. The molecule has 134 valence electrons. The molecule has 0 radical (unpaired) electrons. The van der Waals surface area contributed by atoms with Crippen molar-refractivity contribution in [2.75, 3.05) is 17.7 Å². The van der Waals surface area contributed by atoms with Gasteiger partial charge in [-0.05, 0) is 30.7 Å². The molecule has 0 atom stereocenters. The molecule has 1 aromatic carbocycles. The van der Waals surface area contributed by atoms with Gasteiger partial charge in [0.05, 0.1) is 28.6 Å². The molecule has 25 heavy (non-hydrogen) atoms. The van der Waals surface area contributed by atoms with Crippen LogP contribution in [0.1, 0.15) is 18.9 Å². The highest BCUT2D eigenvalue weighted by atomic mass is 32.2. The number of aromatic nitrogens is 1. The summed E-state index contributed by atoms with van der Waals surface area (Å²) in [7, 11) is 0. The van der Waals surface area contributed by atoms with Gasteiger partial charge in [0.1, 0.15) is 5.75 Å². The average Bonchev–Trinajstić information content (AvgIpc) is 2.59. The normalized spacial score (nSPS) is 11.2. The van der Waals surface area contributed by atoms with Crippen LogP contribution in [0, 0.1) is 0 Å². The summed E-state index contributed by atoms with van der Waals surface area (Å²) in [5.74, 6) is 0.315. The highest BCUT2D eigenvalue weighted by Gasteiger charge is 2.30. The lowest BCUT2D eigenvalue weighted by Crippen LogP contribution is -2.15. The minimum atomic E-state index is -4.42. The maximum absolute atomic E-state index is 12.5. The number of halogens is 3. The fourth-order valence-electron chi connectivity index (χ4n) is 1.87. The number of rotatable bonds is 7. The molecule has 8 heteroatoms. The lowest BCUT2D eigenvalue weighted by molar-refractivity contribution is -0.137. The van der Waals surface area contributed by atoms with E-state index in [2.05, 4.69) is 10.3 Å². The van der Waals surface area contributed by atoms with E-state index < -0.39 is 11.7 Å². The summed E-state index contributed by atoms with van der Waals surface area (Å²) in [4.78, 5) is 15.8. The number of thioether (sulfide) groups is 1. The molecule has 2 aromatic rings. The monoisotopic (exact) mass is 370 g/mol. The van der Waals surface area contributed by atoms with Crippen molar-refractivity contribution < 1.29 is 22.7 Å². The number of ether oxygens (including phenoxy) is 1. The van der Waals surface area contributed by atoms with E-state index in [-0.39, 0.29) is 11.7 Å². The van der Waals surface area contributed by atoms with Gasteiger partial charge in [-0.15, -0.1) is 0 Å². The Morgan fingerprint density at radius 3 is 2.64 bits per heavy atom. The summed E-state index contributed by atoms with van der Waals surface area (Å²) in [6, 6.07) is 9.26. The number of nitrogens with zero attached hydrogens (tertiary/aromatic N) is 1. The maximum Gasteiger partial charge on any atom is 0.417 e. The summed E-state index contributed by atoms with van der Waals surface area (Å²) >= 11 is 1.06. The molecule has 4 nitrogen and oxygen atoms in total. The van der Waals surface area contributed by atoms with Crippen LogP contribution in [-0.4, -0.2) is 23.3 Å². The lowest BCUT2D eigenvalue weighted by Gasteiger charge is -2.11. The number of carbonyl (C=O) groups is 1. The van der Waals surface area contributed by atoms with E-state index in [4.69, 9.17) is 4.74 Å². The molecule has 1 N–H and O–H groups in total. The standard InChI is InChI=1S/C17H17F3N2O2S/c1-2-9-24-14-6-4-3-5-13(14)22-15(23)11-25-16-8-7-12(10-21-16)17(18,19)20/h3-8,10H,2,9,11H2,1H3,(H,22,23). The third kappa shape index (κ3) is 5.97. The number of para-hydroxylation sites is 2. The van der Waals surface area contributed by atoms with Crippen molar-refractivity contribution in [3.05, 3.63) is 48.2 Å². The third-order valence-electron chi connectivity index (χ3n) is 3.04. The number of anilines is 1. The summed E-state index contributed by atoms with van der Waals surface area (Å²) in [5, 5.41) is 3.08. The van der Waals surface area contributed by atoms with Crippen molar-refractivity contribution in [2.24, 2.45) is 0 Å². The second kappa shape index (κ2) is 8.75. The highest BCUT2D eigenvalue weighted by molar-refractivity contribution is 7.99. The number of benzene rings is 1. The number of amides is 1. The van der Waals surface area contributed by atoms with Crippen LogP contribution in [0.2, 0.25) is 0 Å². The van der Waals surface area contributed by atoms with Gasteiger partial charge in [0.2, 0.25) is 5.91 Å². The van der Waals surface area contributed by atoms with Crippen molar-refractivity contribution in [2.45, 2.75) is 24.5 Å². The van der Waals surface area contributed by atoms with Crippen LogP contribution in [0.3, 0.4) is 0 Å². The lowest BCUT2D eigenvalue weighted by atomic mass is 10.3. The van der Waals surface area contributed by atoms with Gasteiger partial charge in [-0.1, -0.05) is 30.8 Å². The van der Waals surface area contributed by atoms with Crippen LogP contribution in [0.15, 0.2) is 47.6 Å². The molecular formula is C17H17F3N2O2S. The molecule has 1 amide bonds. The van der Waals surface area contributed by atoms with Gasteiger partial charge >= 0.3 is 6.18 Å². The predicted octanol–water partition coefficient (Wildman–Crippen LogP) is 4.62. The van der Waals surface area contributed by atoms with E-state index in [1.54, 1.807) is 18.2 Å². The van der Waals surface area contributed by atoms with Gasteiger partial charge in [0.15, 0.2) is 0 Å². The smallest absolute Gasteiger partial charge is 0.417 e. The molecule has 1 aromatic heterocycles. The fraction of sp³-hybridized carbons (Fsp3) is 0.294. The minimum absolute atomic E-state index is 0.0283. The number of hydrogen-bond acceptors (Lipinski definition) is 4. The molecule has 0 saturated heterocycles. The number of nitrogens with one attached hydrogen (secondary N) is 1. The number of alkyl halides is 3. The topological polar surface area (TPSA) is 51.2 Å². The molecule has 0 aliphatic carbocycles. The summed E-state index contributed by atoms with van der Waals surface area (Å²) in [6.07, 6.45) is -2.82. The van der Waals surface area contributed by atoms with Crippen molar-refractivity contribution in [3.8, 4) is 5.75 Å². The van der Waals surface area contributed by atoms with E-state index in [1.165, 1.54) is 6.07 Å². The molecule has 2 rings (SSSR count). The summed E-state index contributed by atoms with van der Waals surface area (Å²) < 4.78 is 43.0. The van der Waals surface area contributed by atoms with E-state index >= 15 is 0 Å². The zero-order chi connectivity index (χ0) is 18.3. The molecule has 0 aliphatic heterocycles. The molecule has 0 saturated carbocycles. The summed E-state index contributed by atoms with van der Waals surface area (Å²) in [5.41, 5.74) is -0.259. The molecule has 1 heterocycles. The number of hydrogen-bond donors (Lipinski definition) is 1. The third-order valence-corrected chi connectivity index (χ3v) is 3.98. The molecule has 0 unspecified atom stereocenters. The number of carbonyl (C=O) groups excluding carboxylic acids is 1. The van der Waals surface area contributed by atoms with Gasteiger partial charge in [0, 0.05) is 6.20 Å². The maximum atomic E-state index is 12.5. The molecule has 0 fully saturated rings. The fourth-order valence-corrected chi connectivity index (χ4v) is 2.51. The molecule has 0 bridgehead atoms. The van der Waals surface area contributed by atoms with Crippen molar-refractivity contribution in [3.63, 3.8) is 0 Å². The van der Waals surface area contributed by atoms with Gasteiger partial charge in [-0.25, -0.2) is 4.98 Å². The first-order valence-electron chi connectivity index (χ1n) is 7.58.